The van der Waals surface area contributed by atoms with Crippen LogP contribution in [0, 0.1) is 0 Å². The SMILES string of the molecule is NC(=O)C1CC(C(=O)N2CCCC2c2ccccc2)=NN1c1ccccc1. The molecule has 2 atom stereocenters. The number of carbonyl (C=O) groups excluding carboxylic acids is 2. The molecule has 1 saturated heterocycles. The van der Waals surface area contributed by atoms with Crippen molar-refractivity contribution in [2.45, 2.75) is 31.3 Å². The number of hydrazone groups is 1. The van der Waals surface area contributed by atoms with Crippen LogP contribution in [-0.2, 0) is 9.59 Å². The van der Waals surface area contributed by atoms with E-state index in [1.165, 1.54) is 0 Å². The molecule has 0 aromatic heterocycles. The van der Waals surface area contributed by atoms with Crippen LogP contribution in [0.1, 0.15) is 30.9 Å². The maximum Gasteiger partial charge on any atom is 0.270 e. The van der Waals surface area contributed by atoms with E-state index in [4.69, 9.17) is 5.73 Å². The molecule has 4 rings (SSSR count). The highest BCUT2D eigenvalue weighted by atomic mass is 16.2. The Hall–Kier alpha value is -3.15. The number of nitrogens with zero attached hydrogens (tertiary/aromatic N) is 3. The van der Waals surface area contributed by atoms with Crippen molar-refractivity contribution >= 4 is 23.2 Å². The molecule has 2 N–H and O–H groups in total. The Morgan fingerprint density at radius 1 is 1.00 bits per heavy atom. The number of hydrogen-bond donors (Lipinski definition) is 1. The lowest BCUT2D eigenvalue weighted by Crippen LogP contribution is -2.40. The molecular formula is C21H22N4O2. The standard InChI is InChI=1S/C21H22N4O2/c22-20(26)19-14-17(23-25(19)16-10-5-2-6-11-16)21(27)24-13-7-12-18(24)15-8-3-1-4-9-15/h1-6,8-11,18-19H,7,12-14H2,(H2,22,26). The summed E-state index contributed by atoms with van der Waals surface area (Å²) in [5.41, 5.74) is 7.86. The molecule has 2 aromatic carbocycles. The number of rotatable bonds is 4. The second-order valence-electron chi connectivity index (χ2n) is 6.92. The van der Waals surface area contributed by atoms with Crippen molar-refractivity contribution in [3.8, 4) is 0 Å². The van der Waals surface area contributed by atoms with Gasteiger partial charge in [-0.25, -0.2) is 0 Å². The quantitative estimate of drug-likeness (QED) is 0.907. The van der Waals surface area contributed by atoms with Crippen LogP contribution in [0.2, 0.25) is 0 Å². The van der Waals surface area contributed by atoms with Crippen molar-refractivity contribution < 1.29 is 9.59 Å². The van der Waals surface area contributed by atoms with Crippen LogP contribution in [0.5, 0.6) is 0 Å². The summed E-state index contributed by atoms with van der Waals surface area (Å²) in [6.07, 6.45) is 2.13. The number of anilines is 1. The Morgan fingerprint density at radius 2 is 1.67 bits per heavy atom. The molecule has 2 unspecified atom stereocenters. The summed E-state index contributed by atoms with van der Waals surface area (Å²) in [4.78, 5) is 27.0. The van der Waals surface area contributed by atoms with Gasteiger partial charge in [0, 0.05) is 13.0 Å². The monoisotopic (exact) mass is 362 g/mol. The summed E-state index contributed by atoms with van der Waals surface area (Å²) in [6.45, 7) is 0.698. The fraction of sp³-hybridized carbons (Fsp3) is 0.286. The van der Waals surface area contributed by atoms with Crippen molar-refractivity contribution in [3.63, 3.8) is 0 Å². The minimum atomic E-state index is -0.635. The summed E-state index contributed by atoms with van der Waals surface area (Å²) in [5, 5.41) is 6.06. The van der Waals surface area contributed by atoms with Crippen LogP contribution in [0.25, 0.3) is 0 Å². The molecule has 0 radical (unpaired) electrons. The van der Waals surface area contributed by atoms with Crippen molar-refractivity contribution in [2.75, 3.05) is 11.6 Å². The minimum Gasteiger partial charge on any atom is -0.368 e. The zero-order valence-electron chi connectivity index (χ0n) is 15.0. The highest BCUT2D eigenvalue weighted by Crippen LogP contribution is 2.33. The van der Waals surface area contributed by atoms with Crippen LogP contribution in [0.4, 0.5) is 5.69 Å². The highest BCUT2D eigenvalue weighted by Gasteiger charge is 2.39. The topological polar surface area (TPSA) is 79.0 Å². The molecule has 138 valence electrons. The number of primary amides is 1. The smallest absolute Gasteiger partial charge is 0.270 e. The highest BCUT2D eigenvalue weighted by molar-refractivity contribution is 6.40. The van der Waals surface area contributed by atoms with E-state index >= 15 is 0 Å². The molecule has 27 heavy (non-hydrogen) atoms. The van der Waals surface area contributed by atoms with E-state index in [9.17, 15) is 9.59 Å². The maximum atomic E-state index is 13.2. The van der Waals surface area contributed by atoms with Gasteiger partial charge in [-0.2, -0.15) is 5.10 Å². The molecule has 6 nitrogen and oxygen atoms in total. The molecule has 0 saturated carbocycles. The van der Waals surface area contributed by atoms with Crippen molar-refractivity contribution in [3.05, 3.63) is 66.2 Å². The van der Waals surface area contributed by atoms with E-state index in [0.29, 0.717) is 12.3 Å². The number of carbonyl (C=O) groups is 2. The molecule has 2 aliphatic heterocycles. The second-order valence-corrected chi connectivity index (χ2v) is 6.92. The summed E-state index contributed by atoms with van der Waals surface area (Å²) >= 11 is 0. The van der Waals surface area contributed by atoms with Gasteiger partial charge in [0.2, 0.25) is 5.91 Å². The molecule has 0 bridgehead atoms. The van der Waals surface area contributed by atoms with E-state index in [-0.39, 0.29) is 18.4 Å². The third-order valence-electron chi connectivity index (χ3n) is 5.20. The number of likely N-dealkylation sites (tertiary alicyclic amines) is 1. The number of benzene rings is 2. The Kier molecular flexibility index (Phi) is 4.62. The van der Waals surface area contributed by atoms with Gasteiger partial charge in [-0.15, -0.1) is 0 Å². The number of nitrogens with two attached hydrogens (primary N) is 1. The van der Waals surface area contributed by atoms with Crippen LogP contribution >= 0.6 is 0 Å². The predicted molar refractivity (Wildman–Crippen MR) is 104 cm³/mol. The molecule has 0 spiro atoms. The number of amides is 2. The Balaban J connectivity index is 1.60. The van der Waals surface area contributed by atoms with Crippen molar-refractivity contribution in [1.82, 2.24) is 4.90 Å². The van der Waals surface area contributed by atoms with Crippen LogP contribution < -0.4 is 10.7 Å². The molecule has 2 amide bonds. The van der Waals surface area contributed by atoms with Gasteiger partial charge in [0.1, 0.15) is 11.8 Å². The molecule has 2 heterocycles. The second kappa shape index (κ2) is 7.23. The van der Waals surface area contributed by atoms with Gasteiger partial charge in [0.15, 0.2) is 0 Å². The van der Waals surface area contributed by atoms with Gasteiger partial charge in [0.05, 0.1) is 11.7 Å². The zero-order chi connectivity index (χ0) is 18.8. The molecule has 2 aliphatic rings. The summed E-state index contributed by atoms with van der Waals surface area (Å²) in [5.74, 6) is -0.586. The van der Waals surface area contributed by atoms with Gasteiger partial charge in [-0.3, -0.25) is 14.6 Å². The predicted octanol–water partition coefficient (Wildman–Crippen LogP) is 2.47. The van der Waals surface area contributed by atoms with Gasteiger partial charge >= 0.3 is 0 Å². The fourth-order valence-electron chi connectivity index (χ4n) is 3.88. The first-order valence-electron chi connectivity index (χ1n) is 9.22. The van der Waals surface area contributed by atoms with E-state index in [2.05, 4.69) is 17.2 Å². The van der Waals surface area contributed by atoms with Gasteiger partial charge in [-0.1, -0.05) is 48.5 Å². The van der Waals surface area contributed by atoms with Crippen LogP contribution in [0.3, 0.4) is 0 Å². The lowest BCUT2D eigenvalue weighted by atomic mass is 10.0. The minimum absolute atomic E-state index is 0.0548. The Labute approximate surface area is 158 Å². The van der Waals surface area contributed by atoms with Crippen LogP contribution in [0.15, 0.2) is 65.8 Å². The molecule has 0 aliphatic carbocycles. The summed E-state index contributed by atoms with van der Waals surface area (Å²) in [6, 6.07) is 18.8. The van der Waals surface area contributed by atoms with Gasteiger partial charge in [-0.05, 0) is 30.5 Å². The summed E-state index contributed by atoms with van der Waals surface area (Å²) < 4.78 is 0. The first-order chi connectivity index (χ1) is 13.1. The van der Waals surface area contributed by atoms with E-state index in [1.807, 2.05) is 53.4 Å². The molecule has 2 aromatic rings. The average molecular weight is 362 g/mol. The van der Waals surface area contributed by atoms with Crippen molar-refractivity contribution in [2.24, 2.45) is 10.8 Å². The third kappa shape index (κ3) is 3.30. The Morgan fingerprint density at radius 3 is 2.33 bits per heavy atom. The largest absolute Gasteiger partial charge is 0.368 e. The zero-order valence-corrected chi connectivity index (χ0v) is 15.0. The molecular weight excluding hydrogens is 340 g/mol. The average Bonchev–Trinajstić information content (AvgIpc) is 3.36. The molecule has 6 heteroatoms. The third-order valence-corrected chi connectivity index (χ3v) is 5.20. The number of para-hydroxylation sites is 1. The first kappa shape index (κ1) is 17.3. The van der Waals surface area contributed by atoms with E-state index in [1.54, 1.807) is 5.01 Å². The Bertz CT molecular complexity index is 866. The normalized spacial score (nSPS) is 22.0. The molecule has 1 fully saturated rings. The first-order valence-corrected chi connectivity index (χ1v) is 9.22. The summed E-state index contributed by atoms with van der Waals surface area (Å²) in [7, 11) is 0. The lowest BCUT2D eigenvalue weighted by Gasteiger charge is -2.24. The fourth-order valence-corrected chi connectivity index (χ4v) is 3.88. The van der Waals surface area contributed by atoms with Crippen molar-refractivity contribution in [1.29, 1.82) is 0 Å². The van der Waals surface area contributed by atoms with E-state index in [0.717, 1.165) is 24.1 Å². The maximum absolute atomic E-state index is 13.2. The van der Waals surface area contributed by atoms with E-state index < -0.39 is 11.9 Å². The lowest BCUT2D eigenvalue weighted by molar-refractivity contribution is -0.125. The van der Waals surface area contributed by atoms with Crippen LogP contribution in [-0.4, -0.2) is 35.0 Å². The van der Waals surface area contributed by atoms with Gasteiger partial charge in [0.25, 0.3) is 5.91 Å². The number of hydrogen-bond acceptors (Lipinski definition) is 4. The van der Waals surface area contributed by atoms with Gasteiger partial charge < -0.3 is 10.6 Å².